The maximum absolute atomic E-state index is 12.4. The van der Waals surface area contributed by atoms with E-state index in [2.05, 4.69) is 19.7 Å². The second-order valence-electron chi connectivity index (χ2n) is 7.02. The summed E-state index contributed by atoms with van der Waals surface area (Å²) in [5.41, 5.74) is -0.987. The first-order valence-electron chi connectivity index (χ1n) is 8.14. The molecule has 26 heavy (non-hydrogen) atoms. The Kier molecular flexibility index (Phi) is 4.15. The Hall–Kier alpha value is -2.67. The molecular weight excluding hydrogens is 340 g/mol. The van der Waals surface area contributed by atoms with Crippen LogP contribution in [0.15, 0.2) is 48.3 Å². The molecule has 5 atom stereocenters. The molecule has 2 fully saturated rings. The Morgan fingerprint density at radius 1 is 1.35 bits per heavy atom. The number of aliphatic hydroxyl groups is 1. The number of carbonyl (C=O) groups excluding carboxylic acids is 3. The maximum Gasteiger partial charge on any atom is 0.334 e. The lowest BCUT2D eigenvalue weighted by molar-refractivity contribution is -0.155. The van der Waals surface area contributed by atoms with Gasteiger partial charge in [-0.15, -0.1) is 0 Å². The molecule has 0 spiro atoms. The normalized spacial score (nSPS) is 36.2. The molecule has 0 aromatic rings. The van der Waals surface area contributed by atoms with Crippen molar-refractivity contribution in [2.45, 2.75) is 44.2 Å². The van der Waals surface area contributed by atoms with Crippen molar-refractivity contribution >= 4 is 17.7 Å². The third-order valence-electron chi connectivity index (χ3n) is 4.96. The van der Waals surface area contributed by atoms with Crippen LogP contribution >= 0.6 is 0 Å². The fraction of sp³-hybridized carbons (Fsp3) is 0.421. The Balaban J connectivity index is 2.08. The van der Waals surface area contributed by atoms with Crippen molar-refractivity contribution in [1.82, 2.24) is 0 Å². The van der Waals surface area contributed by atoms with Gasteiger partial charge < -0.3 is 19.3 Å². The highest BCUT2D eigenvalue weighted by atomic mass is 16.6. The molecule has 138 valence electrons. The van der Waals surface area contributed by atoms with Crippen molar-refractivity contribution < 1.29 is 33.7 Å². The Morgan fingerprint density at radius 3 is 2.62 bits per heavy atom. The van der Waals surface area contributed by atoms with Crippen LogP contribution in [0.25, 0.3) is 0 Å². The van der Waals surface area contributed by atoms with Crippen LogP contribution in [0.4, 0.5) is 0 Å². The molecular formula is C19H20O7. The van der Waals surface area contributed by atoms with Crippen LogP contribution in [-0.2, 0) is 28.6 Å². The van der Waals surface area contributed by atoms with E-state index in [9.17, 15) is 19.5 Å². The van der Waals surface area contributed by atoms with Gasteiger partial charge in [0.15, 0.2) is 5.60 Å². The molecule has 2 saturated heterocycles. The molecule has 0 aliphatic carbocycles. The summed E-state index contributed by atoms with van der Waals surface area (Å²) >= 11 is 0. The zero-order valence-electron chi connectivity index (χ0n) is 14.6. The van der Waals surface area contributed by atoms with Crippen LogP contribution in [-0.4, -0.2) is 46.7 Å². The second kappa shape index (κ2) is 5.95. The van der Waals surface area contributed by atoms with E-state index in [0.29, 0.717) is 0 Å². The van der Waals surface area contributed by atoms with Crippen LogP contribution in [0.2, 0.25) is 0 Å². The van der Waals surface area contributed by atoms with Gasteiger partial charge in [-0.1, -0.05) is 19.7 Å². The van der Waals surface area contributed by atoms with Gasteiger partial charge in [0.25, 0.3) is 0 Å². The third-order valence-corrected chi connectivity index (χ3v) is 4.96. The van der Waals surface area contributed by atoms with Gasteiger partial charge in [0.1, 0.15) is 24.1 Å². The van der Waals surface area contributed by atoms with E-state index in [1.165, 1.54) is 13.0 Å². The van der Waals surface area contributed by atoms with E-state index < -0.39 is 41.8 Å². The smallest absolute Gasteiger partial charge is 0.334 e. The number of hydrogen-bond acceptors (Lipinski definition) is 7. The first-order valence-corrected chi connectivity index (χ1v) is 8.14. The number of aliphatic hydroxyl groups excluding tert-OH is 1. The van der Waals surface area contributed by atoms with E-state index in [1.807, 2.05) is 0 Å². The Morgan fingerprint density at radius 2 is 2.00 bits per heavy atom. The molecule has 3 aliphatic rings. The fourth-order valence-electron chi connectivity index (χ4n) is 3.41. The zero-order valence-corrected chi connectivity index (χ0v) is 14.6. The minimum absolute atomic E-state index is 0.0400. The summed E-state index contributed by atoms with van der Waals surface area (Å²) in [5.74, 6) is -2.43. The van der Waals surface area contributed by atoms with Gasteiger partial charge in [0.05, 0.1) is 5.92 Å². The van der Waals surface area contributed by atoms with Gasteiger partial charge >= 0.3 is 11.9 Å². The van der Waals surface area contributed by atoms with Gasteiger partial charge in [0, 0.05) is 29.2 Å². The van der Waals surface area contributed by atoms with Crippen LogP contribution in [0.5, 0.6) is 0 Å². The molecule has 1 N–H and O–H groups in total. The SMILES string of the molecule is C=C(C)C(=O)O[C@H]1C[C@@]2(C)OC(=CC2=O)C(=C)[C@H](O)C2OC(=O)C(=C)C21. The standard InChI is InChI=1S/C19H20O7/c1-8(2)17(22)24-12-7-19(5)13(20)6-11(26-19)9(3)15(21)16-14(12)10(4)18(23)25-16/h6,12,14-16,21H,1,3-4,7H2,2,5H3/t12-,14?,15-,16?,19+/m0/s1. The fourth-order valence-corrected chi connectivity index (χ4v) is 3.41. The third kappa shape index (κ3) is 2.68. The lowest BCUT2D eigenvalue weighted by atomic mass is 9.80. The highest BCUT2D eigenvalue weighted by Crippen LogP contribution is 2.44. The molecule has 2 bridgehead atoms. The minimum Gasteiger partial charge on any atom is -0.479 e. The maximum atomic E-state index is 12.4. The molecule has 7 heteroatoms. The molecule has 3 rings (SSSR count). The number of rotatable bonds is 2. The van der Waals surface area contributed by atoms with Crippen molar-refractivity contribution in [3.05, 3.63) is 48.3 Å². The molecule has 0 aromatic carbocycles. The van der Waals surface area contributed by atoms with Crippen LogP contribution in [0.1, 0.15) is 20.3 Å². The van der Waals surface area contributed by atoms with Crippen molar-refractivity contribution in [3.63, 3.8) is 0 Å². The number of fused-ring (bicyclic) bond motifs is 3. The van der Waals surface area contributed by atoms with E-state index in [0.717, 1.165) is 0 Å². The summed E-state index contributed by atoms with van der Waals surface area (Å²) < 4.78 is 16.5. The van der Waals surface area contributed by atoms with Gasteiger partial charge in [-0.25, -0.2) is 9.59 Å². The molecule has 0 aromatic heterocycles. The molecule has 7 nitrogen and oxygen atoms in total. The number of hydrogen-bond donors (Lipinski definition) is 1. The summed E-state index contributed by atoms with van der Waals surface area (Å²) in [6.45, 7) is 14.1. The van der Waals surface area contributed by atoms with Crippen molar-refractivity contribution in [3.8, 4) is 0 Å². The Bertz CT molecular complexity index is 790. The van der Waals surface area contributed by atoms with Crippen LogP contribution < -0.4 is 0 Å². The monoisotopic (exact) mass is 360 g/mol. The van der Waals surface area contributed by atoms with Crippen molar-refractivity contribution in [2.24, 2.45) is 5.92 Å². The highest BCUT2D eigenvalue weighted by molar-refractivity contribution is 6.00. The highest BCUT2D eigenvalue weighted by Gasteiger charge is 2.55. The van der Waals surface area contributed by atoms with Crippen molar-refractivity contribution in [1.29, 1.82) is 0 Å². The van der Waals surface area contributed by atoms with Gasteiger partial charge in [0.2, 0.25) is 5.78 Å². The van der Waals surface area contributed by atoms with E-state index in [4.69, 9.17) is 14.2 Å². The quantitative estimate of drug-likeness (QED) is 0.582. The summed E-state index contributed by atoms with van der Waals surface area (Å²) in [4.78, 5) is 36.6. The largest absolute Gasteiger partial charge is 0.479 e. The Labute approximate surface area is 150 Å². The van der Waals surface area contributed by atoms with Gasteiger partial charge in [-0.2, -0.15) is 0 Å². The molecule has 2 unspecified atom stereocenters. The minimum atomic E-state index is -1.34. The van der Waals surface area contributed by atoms with Crippen LogP contribution in [0.3, 0.4) is 0 Å². The first-order chi connectivity index (χ1) is 12.0. The molecule has 0 amide bonds. The average Bonchev–Trinajstić information content (AvgIpc) is 3.02. The molecule has 3 aliphatic heterocycles. The zero-order chi connectivity index (χ0) is 19.4. The lowest BCUT2D eigenvalue weighted by Gasteiger charge is -2.32. The van der Waals surface area contributed by atoms with Gasteiger partial charge in [-0.05, 0) is 13.8 Å². The number of ether oxygens (including phenoxy) is 3. The van der Waals surface area contributed by atoms with Crippen molar-refractivity contribution in [2.75, 3.05) is 0 Å². The van der Waals surface area contributed by atoms with Crippen LogP contribution in [0, 0.1) is 5.92 Å². The van der Waals surface area contributed by atoms with E-state index in [1.54, 1.807) is 6.92 Å². The summed E-state index contributed by atoms with van der Waals surface area (Å²) in [7, 11) is 0. The molecule has 0 radical (unpaired) electrons. The van der Waals surface area contributed by atoms with E-state index >= 15 is 0 Å². The topological polar surface area (TPSA) is 99.1 Å². The average molecular weight is 360 g/mol. The molecule has 0 saturated carbocycles. The van der Waals surface area contributed by atoms with Gasteiger partial charge in [-0.3, -0.25) is 4.79 Å². The first kappa shape index (κ1) is 18.1. The number of esters is 2. The number of carbonyl (C=O) groups is 3. The summed E-state index contributed by atoms with van der Waals surface area (Å²) in [6.07, 6.45) is -2.16. The predicted octanol–water partition coefficient (Wildman–Crippen LogP) is 1.13. The predicted molar refractivity (Wildman–Crippen MR) is 89.5 cm³/mol. The second-order valence-corrected chi connectivity index (χ2v) is 7.02. The summed E-state index contributed by atoms with van der Waals surface area (Å²) in [6, 6.07) is 0. The summed E-state index contributed by atoms with van der Waals surface area (Å²) in [5, 5.41) is 10.7. The van der Waals surface area contributed by atoms with E-state index in [-0.39, 0.29) is 34.7 Å². The molecule has 3 heterocycles. The number of ketones is 1. The lowest BCUT2D eigenvalue weighted by Crippen LogP contribution is -2.45.